The summed E-state index contributed by atoms with van der Waals surface area (Å²) in [6, 6.07) is 9.02. The third-order valence-electron chi connectivity index (χ3n) is 10.3. The standard InChI is InChI=1S/C31H39NO5/c1-19(18-33)24-12-13-25-23-11-10-21-16-22(36-28(34)20-8-6-5-7-9-20)17-27(37-29(35)32-4)31(21,3)26(23)14-15-30(24,25)2/h5-11,18-19,22,24-27H,12-17H2,1-4H3,(H,32,35)/t19?,22-,24-,25+,26+,27+,30-,31+/m1/s1. The van der Waals surface area contributed by atoms with Crippen molar-refractivity contribution in [2.75, 3.05) is 7.05 Å². The fourth-order valence-electron chi connectivity index (χ4n) is 8.25. The predicted molar refractivity (Wildman–Crippen MR) is 141 cm³/mol. The number of rotatable bonds is 5. The van der Waals surface area contributed by atoms with Crippen LogP contribution in [0.3, 0.4) is 0 Å². The molecule has 0 aromatic heterocycles. The molecule has 1 aromatic rings. The Balaban J connectivity index is 1.46. The smallest absolute Gasteiger partial charge is 0.407 e. The van der Waals surface area contributed by atoms with Gasteiger partial charge in [-0.3, -0.25) is 0 Å². The first-order valence-corrected chi connectivity index (χ1v) is 13.7. The number of aldehydes is 1. The number of ether oxygens (including phenoxy) is 2. The van der Waals surface area contributed by atoms with E-state index in [2.05, 4.69) is 38.2 Å². The van der Waals surface area contributed by atoms with E-state index >= 15 is 0 Å². The van der Waals surface area contributed by atoms with Crippen LogP contribution in [0.25, 0.3) is 0 Å². The highest BCUT2D eigenvalue weighted by atomic mass is 16.6. The van der Waals surface area contributed by atoms with Crippen molar-refractivity contribution in [1.82, 2.24) is 5.32 Å². The zero-order valence-electron chi connectivity index (χ0n) is 22.4. The number of nitrogens with one attached hydrogen (secondary N) is 1. The molecule has 3 saturated carbocycles. The summed E-state index contributed by atoms with van der Waals surface area (Å²) < 4.78 is 12.0. The topological polar surface area (TPSA) is 81.7 Å². The number of benzene rings is 1. The molecule has 0 radical (unpaired) electrons. The Morgan fingerprint density at radius 1 is 1.05 bits per heavy atom. The monoisotopic (exact) mass is 505 g/mol. The van der Waals surface area contributed by atoms with Crippen molar-refractivity contribution in [2.24, 2.45) is 34.5 Å². The Kier molecular flexibility index (Phi) is 6.80. The number of hydrogen-bond acceptors (Lipinski definition) is 5. The van der Waals surface area contributed by atoms with Crippen LogP contribution in [0, 0.1) is 34.5 Å². The van der Waals surface area contributed by atoms with Gasteiger partial charge in [-0.05, 0) is 61.0 Å². The highest BCUT2D eigenvalue weighted by Gasteiger charge is 2.60. The second-order valence-corrected chi connectivity index (χ2v) is 11.9. The van der Waals surface area contributed by atoms with E-state index in [1.165, 1.54) is 11.1 Å². The number of fused-ring (bicyclic) bond motifs is 5. The summed E-state index contributed by atoms with van der Waals surface area (Å²) >= 11 is 0. The molecule has 0 bridgehead atoms. The predicted octanol–water partition coefficient (Wildman–Crippen LogP) is 5.88. The van der Waals surface area contributed by atoms with Gasteiger partial charge in [-0.1, -0.05) is 62.3 Å². The zero-order chi connectivity index (χ0) is 26.4. The average Bonchev–Trinajstić information content (AvgIpc) is 3.26. The maximum absolute atomic E-state index is 12.8. The lowest BCUT2D eigenvalue weighted by atomic mass is 9.49. The first kappa shape index (κ1) is 25.7. The summed E-state index contributed by atoms with van der Waals surface area (Å²) in [5, 5.41) is 2.61. The van der Waals surface area contributed by atoms with Gasteiger partial charge in [0.05, 0.1) is 5.56 Å². The molecule has 6 nitrogen and oxygen atoms in total. The molecule has 1 unspecified atom stereocenters. The fourth-order valence-corrected chi connectivity index (χ4v) is 8.25. The molecule has 0 spiro atoms. The molecule has 6 heteroatoms. The highest BCUT2D eigenvalue weighted by molar-refractivity contribution is 5.89. The average molecular weight is 506 g/mol. The lowest BCUT2D eigenvalue weighted by Gasteiger charge is -2.57. The van der Waals surface area contributed by atoms with Gasteiger partial charge in [0.15, 0.2) is 0 Å². The number of esters is 1. The third kappa shape index (κ3) is 4.22. The van der Waals surface area contributed by atoms with Gasteiger partial charge in [0.1, 0.15) is 18.5 Å². The molecule has 0 heterocycles. The highest BCUT2D eigenvalue weighted by Crippen LogP contribution is 2.66. The van der Waals surface area contributed by atoms with E-state index in [0.717, 1.165) is 32.0 Å². The van der Waals surface area contributed by atoms with Crippen molar-refractivity contribution < 1.29 is 23.9 Å². The molecule has 8 atom stereocenters. The lowest BCUT2D eigenvalue weighted by molar-refractivity contribution is -0.113. The van der Waals surface area contributed by atoms with E-state index in [9.17, 15) is 14.4 Å². The van der Waals surface area contributed by atoms with Gasteiger partial charge in [-0.15, -0.1) is 0 Å². The number of carbonyl (C=O) groups excluding carboxylic acids is 3. The molecule has 0 saturated heterocycles. The van der Waals surface area contributed by atoms with Gasteiger partial charge in [0.2, 0.25) is 0 Å². The van der Waals surface area contributed by atoms with Crippen molar-refractivity contribution in [3.63, 3.8) is 0 Å². The molecular weight excluding hydrogens is 466 g/mol. The summed E-state index contributed by atoms with van der Waals surface area (Å²) in [6.45, 7) is 6.69. The van der Waals surface area contributed by atoms with E-state index in [0.29, 0.717) is 30.2 Å². The molecule has 198 valence electrons. The van der Waals surface area contributed by atoms with E-state index in [1.54, 1.807) is 19.2 Å². The van der Waals surface area contributed by atoms with E-state index in [1.807, 2.05) is 18.2 Å². The largest absolute Gasteiger partial charge is 0.458 e. The zero-order valence-corrected chi connectivity index (χ0v) is 22.4. The summed E-state index contributed by atoms with van der Waals surface area (Å²) in [5.41, 5.74) is 2.91. The summed E-state index contributed by atoms with van der Waals surface area (Å²) in [4.78, 5) is 37.0. The van der Waals surface area contributed by atoms with Crippen LogP contribution in [0.2, 0.25) is 0 Å². The van der Waals surface area contributed by atoms with Gasteiger partial charge in [0.25, 0.3) is 0 Å². The minimum absolute atomic E-state index is 0.0662. The first-order valence-electron chi connectivity index (χ1n) is 13.7. The molecule has 37 heavy (non-hydrogen) atoms. The minimum atomic E-state index is -0.460. The summed E-state index contributed by atoms with van der Waals surface area (Å²) in [5.74, 6) is 0.812. The van der Waals surface area contributed by atoms with Crippen LogP contribution >= 0.6 is 0 Å². The Morgan fingerprint density at radius 2 is 1.81 bits per heavy atom. The van der Waals surface area contributed by atoms with Crippen LogP contribution in [0.5, 0.6) is 0 Å². The molecule has 1 amide bonds. The quantitative estimate of drug-likeness (QED) is 0.399. The van der Waals surface area contributed by atoms with Crippen LogP contribution in [0.1, 0.15) is 69.7 Å². The molecule has 0 aliphatic heterocycles. The third-order valence-corrected chi connectivity index (χ3v) is 10.3. The first-order chi connectivity index (χ1) is 17.7. The van der Waals surface area contributed by atoms with Gasteiger partial charge in [-0.2, -0.15) is 0 Å². The number of alkyl carbamates (subject to hydrolysis) is 1. The maximum Gasteiger partial charge on any atom is 0.407 e. The van der Waals surface area contributed by atoms with Gasteiger partial charge >= 0.3 is 12.1 Å². The number of amides is 1. The van der Waals surface area contributed by atoms with Crippen molar-refractivity contribution in [2.45, 2.75) is 71.5 Å². The lowest BCUT2D eigenvalue weighted by Crippen LogP contribution is -2.54. The van der Waals surface area contributed by atoms with Crippen LogP contribution in [-0.2, 0) is 14.3 Å². The van der Waals surface area contributed by atoms with Crippen molar-refractivity contribution in [1.29, 1.82) is 0 Å². The van der Waals surface area contributed by atoms with Crippen molar-refractivity contribution >= 4 is 18.3 Å². The molecule has 4 aliphatic rings. The molecule has 1 N–H and O–H groups in total. The Hall–Kier alpha value is -2.89. The van der Waals surface area contributed by atoms with Crippen LogP contribution in [0.4, 0.5) is 4.79 Å². The van der Waals surface area contributed by atoms with E-state index in [-0.39, 0.29) is 34.7 Å². The Bertz CT molecular complexity index is 1130. The van der Waals surface area contributed by atoms with Crippen molar-refractivity contribution in [3.05, 3.63) is 59.2 Å². The Labute approximate surface area is 219 Å². The fraction of sp³-hybridized carbons (Fsp3) is 0.581. The molecule has 5 rings (SSSR count). The second kappa shape index (κ2) is 9.77. The van der Waals surface area contributed by atoms with E-state index < -0.39 is 12.2 Å². The SMILES string of the molecule is CNC(=O)O[C@H]1C[C@H](OC(=O)c2ccccc2)CC2=CC=C3[C@@H]4CC[C@H](C(C)C=O)[C@@]4(C)CC[C@@H]3[C@]21C. The minimum Gasteiger partial charge on any atom is -0.458 e. The van der Waals surface area contributed by atoms with Gasteiger partial charge in [-0.25, -0.2) is 9.59 Å². The number of allylic oxidation sites excluding steroid dienone is 3. The summed E-state index contributed by atoms with van der Waals surface area (Å²) in [6.07, 6.45) is 9.73. The maximum atomic E-state index is 12.8. The van der Waals surface area contributed by atoms with Crippen molar-refractivity contribution in [3.8, 4) is 0 Å². The van der Waals surface area contributed by atoms with Crippen LogP contribution in [-0.4, -0.2) is 37.6 Å². The molecule has 1 aromatic carbocycles. The second-order valence-electron chi connectivity index (χ2n) is 11.9. The Morgan fingerprint density at radius 3 is 2.51 bits per heavy atom. The van der Waals surface area contributed by atoms with Gasteiger partial charge < -0.3 is 19.6 Å². The van der Waals surface area contributed by atoms with Crippen LogP contribution < -0.4 is 5.32 Å². The van der Waals surface area contributed by atoms with Crippen LogP contribution in [0.15, 0.2) is 53.6 Å². The normalized spacial score (nSPS) is 37.0. The summed E-state index contributed by atoms with van der Waals surface area (Å²) in [7, 11) is 1.57. The number of carbonyl (C=O) groups is 3. The molecule has 3 fully saturated rings. The van der Waals surface area contributed by atoms with E-state index in [4.69, 9.17) is 9.47 Å². The molecular formula is C31H39NO5. The van der Waals surface area contributed by atoms with Gasteiger partial charge in [0, 0.05) is 31.2 Å². The number of hydrogen-bond donors (Lipinski definition) is 1. The molecule has 4 aliphatic carbocycles.